The number of ether oxygens (including phenoxy) is 1. The lowest BCUT2D eigenvalue weighted by atomic mass is 10.2. The fraction of sp³-hybridized carbons (Fsp3) is 0.286. The number of anilines is 1. The SMILES string of the molecule is COc1cccc(NC(=O)CCc2coc(C)n2)c1. The van der Waals surface area contributed by atoms with E-state index in [4.69, 9.17) is 9.15 Å². The first-order chi connectivity index (χ1) is 9.17. The third-order valence-corrected chi connectivity index (χ3v) is 2.63. The molecule has 0 saturated carbocycles. The smallest absolute Gasteiger partial charge is 0.224 e. The number of amides is 1. The quantitative estimate of drug-likeness (QED) is 0.897. The van der Waals surface area contributed by atoms with E-state index in [-0.39, 0.29) is 5.91 Å². The maximum absolute atomic E-state index is 11.8. The van der Waals surface area contributed by atoms with Crippen LogP contribution < -0.4 is 10.1 Å². The molecule has 0 atom stereocenters. The molecule has 100 valence electrons. The molecule has 5 nitrogen and oxygen atoms in total. The number of hydrogen-bond donors (Lipinski definition) is 1. The molecule has 0 aliphatic rings. The molecular formula is C14H16N2O3. The largest absolute Gasteiger partial charge is 0.497 e. The minimum Gasteiger partial charge on any atom is -0.497 e. The van der Waals surface area contributed by atoms with Crippen molar-refractivity contribution in [3.05, 3.63) is 42.1 Å². The van der Waals surface area contributed by atoms with Crippen molar-refractivity contribution in [2.45, 2.75) is 19.8 Å². The molecule has 0 aliphatic carbocycles. The zero-order valence-corrected chi connectivity index (χ0v) is 11.0. The van der Waals surface area contributed by atoms with Gasteiger partial charge in [-0.25, -0.2) is 4.98 Å². The first kappa shape index (κ1) is 13.1. The summed E-state index contributed by atoms with van der Waals surface area (Å²) in [5.74, 6) is 1.27. The maximum Gasteiger partial charge on any atom is 0.224 e. The summed E-state index contributed by atoms with van der Waals surface area (Å²) in [6.07, 6.45) is 2.50. The molecule has 2 aromatic rings. The van der Waals surface area contributed by atoms with Crippen molar-refractivity contribution in [2.75, 3.05) is 12.4 Å². The van der Waals surface area contributed by atoms with Crippen LogP contribution in [0.1, 0.15) is 18.0 Å². The number of nitrogens with zero attached hydrogens (tertiary/aromatic N) is 1. The Bertz CT molecular complexity index is 563. The summed E-state index contributed by atoms with van der Waals surface area (Å²) in [6.45, 7) is 1.78. The number of rotatable bonds is 5. The van der Waals surface area contributed by atoms with Crippen LogP contribution in [0.4, 0.5) is 5.69 Å². The summed E-state index contributed by atoms with van der Waals surface area (Å²) in [5.41, 5.74) is 1.51. The normalized spacial score (nSPS) is 10.2. The van der Waals surface area contributed by atoms with Gasteiger partial charge in [0.25, 0.3) is 0 Å². The predicted octanol–water partition coefficient (Wildman–Crippen LogP) is 2.56. The lowest BCUT2D eigenvalue weighted by molar-refractivity contribution is -0.116. The monoisotopic (exact) mass is 260 g/mol. The molecule has 0 spiro atoms. The summed E-state index contributed by atoms with van der Waals surface area (Å²) < 4.78 is 10.2. The Morgan fingerprint density at radius 1 is 1.47 bits per heavy atom. The number of hydrogen-bond acceptors (Lipinski definition) is 4. The molecule has 1 amide bonds. The Balaban J connectivity index is 1.86. The second kappa shape index (κ2) is 6.04. The molecule has 1 heterocycles. The van der Waals surface area contributed by atoms with Crippen molar-refractivity contribution in [2.24, 2.45) is 0 Å². The van der Waals surface area contributed by atoms with Crippen LogP contribution in [-0.4, -0.2) is 18.0 Å². The molecule has 0 fully saturated rings. The van der Waals surface area contributed by atoms with E-state index in [0.29, 0.717) is 24.5 Å². The first-order valence-electron chi connectivity index (χ1n) is 6.02. The van der Waals surface area contributed by atoms with Crippen molar-refractivity contribution >= 4 is 11.6 Å². The van der Waals surface area contributed by atoms with Gasteiger partial charge in [0.05, 0.1) is 12.8 Å². The summed E-state index contributed by atoms with van der Waals surface area (Å²) in [5, 5.41) is 2.82. The van der Waals surface area contributed by atoms with Gasteiger partial charge in [-0.05, 0) is 12.1 Å². The summed E-state index contributed by atoms with van der Waals surface area (Å²) in [6, 6.07) is 7.25. The van der Waals surface area contributed by atoms with Gasteiger partial charge in [-0.2, -0.15) is 0 Å². The van der Waals surface area contributed by atoms with Crippen LogP contribution in [0.5, 0.6) is 5.75 Å². The fourth-order valence-electron chi connectivity index (χ4n) is 1.69. The van der Waals surface area contributed by atoms with Crippen molar-refractivity contribution in [1.29, 1.82) is 0 Å². The van der Waals surface area contributed by atoms with E-state index in [0.717, 1.165) is 11.4 Å². The van der Waals surface area contributed by atoms with E-state index in [9.17, 15) is 4.79 Å². The lowest BCUT2D eigenvalue weighted by Gasteiger charge is -2.06. The number of nitrogens with one attached hydrogen (secondary N) is 1. The van der Waals surface area contributed by atoms with Crippen LogP contribution >= 0.6 is 0 Å². The molecule has 5 heteroatoms. The minimum atomic E-state index is -0.0612. The van der Waals surface area contributed by atoms with E-state index in [1.54, 1.807) is 26.4 Å². The third kappa shape index (κ3) is 3.84. The average Bonchev–Trinajstić information content (AvgIpc) is 2.82. The van der Waals surface area contributed by atoms with Gasteiger partial charge in [-0.3, -0.25) is 4.79 Å². The van der Waals surface area contributed by atoms with E-state index < -0.39 is 0 Å². The molecule has 0 bridgehead atoms. The van der Waals surface area contributed by atoms with Gasteiger partial charge >= 0.3 is 0 Å². The Labute approximate surface area is 111 Å². The Morgan fingerprint density at radius 3 is 3.00 bits per heavy atom. The lowest BCUT2D eigenvalue weighted by Crippen LogP contribution is -2.12. The van der Waals surface area contributed by atoms with Crippen LogP contribution in [0.15, 0.2) is 34.9 Å². The van der Waals surface area contributed by atoms with Gasteiger partial charge in [-0.15, -0.1) is 0 Å². The standard InChI is InChI=1S/C14H16N2O3/c1-10-15-12(9-19-10)6-7-14(17)16-11-4-3-5-13(8-11)18-2/h3-5,8-9H,6-7H2,1-2H3,(H,16,17). The molecule has 0 saturated heterocycles. The zero-order valence-electron chi connectivity index (χ0n) is 11.0. The van der Waals surface area contributed by atoms with Crippen LogP contribution in [0, 0.1) is 6.92 Å². The van der Waals surface area contributed by atoms with E-state index in [1.807, 2.05) is 18.2 Å². The Kier molecular flexibility index (Phi) is 4.18. The number of carbonyl (C=O) groups is 1. The molecule has 0 unspecified atom stereocenters. The second-order valence-corrected chi connectivity index (χ2v) is 4.14. The number of aromatic nitrogens is 1. The predicted molar refractivity (Wildman–Crippen MR) is 71.2 cm³/mol. The molecule has 2 rings (SSSR count). The molecular weight excluding hydrogens is 244 g/mol. The van der Waals surface area contributed by atoms with E-state index >= 15 is 0 Å². The molecule has 1 aromatic carbocycles. The highest BCUT2D eigenvalue weighted by molar-refractivity contribution is 5.90. The summed E-state index contributed by atoms with van der Waals surface area (Å²) in [7, 11) is 1.59. The summed E-state index contributed by atoms with van der Waals surface area (Å²) >= 11 is 0. The first-order valence-corrected chi connectivity index (χ1v) is 6.02. The topological polar surface area (TPSA) is 64.4 Å². The van der Waals surface area contributed by atoms with Crippen molar-refractivity contribution in [1.82, 2.24) is 4.98 Å². The third-order valence-electron chi connectivity index (χ3n) is 2.63. The Hall–Kier alpha value is -2.30. The highest BCUT2D eigenvalue weighted by atomic mass is 16.5. The molecule has 1 aromatic heterocycles. The molecule has 1 N–H and O–H groups in total. The van der Waals surface area contributed by atoms with Gasteiger partial charge in [0.1, 0.15) is 12.0 Å². The number of carbonyl (C=O) groups excluding carboxylic acids is 1. The minimum absolute atomic E-state index is 0.0612. The van der Waals surface area contributed by atoms with Gasteiger partial charge in [-0.1, -0.05) is 6.07 Å². The van der Waals surface area contributed by atoms with Crippen molar-refractivity contribution < 1.29 is 13.9 Å². The fourth-order valence-corrected chi connectivity index (χ4v) is 1.69. The Morgan fingerprint density at radius 2 is 2.32 bits per heavy atom. The maximum atomic E-state index is 11.8. The molecule has 0 aliphatic heterocycles. The van der Waals surface area contributed by atoms with Crippen molar-refractivity contribution in [3.63, 3.8) is 0 Å². The van der Waals surface area contributed by atoms with Gasteiger partial charge in [0, 0.05) is 31.5 Å². The number of aryl methyl sites for hydroxylation is 2. The van der Waals surface area contributed by atoms with Gasteiger partial charge in [0.2, 0.25) is 5.91 Å². The van der Waals surface area contributed by atoms with E-state index in [2.05, 4.69) is 10.3 Å². The molecule has 0 radical (unpaired) electrons. The van der Waals surface area contributed by atoms with Crippen molar-refractivity contribution in [3.8, 4) is 5.75 Å². The summed E-state index contributed by atoms with van der Waals surface area (Å²) in [4.78, 5) is 15.9. The van der Waals surface area contributed by atoms with Crippen LogP contribution in [0.25, 0.3) is 0 Å². The zero-order chi connectivity index (χ0) is 13.7. The second-order valence-electron chi connectivity index (χ2n) is 4.14. The highest BCUT2D eigenvalue weighted by Gasteiger charge is 2.06. The number of methoxy groups -OCH3 is 1. The van der Waals surface area contributed by atoms with Crippen LogP contribution in [0.2, 0.25) is 0 Å². The highest BCUT2D eigenvalue weighted by Crippen LogP contribution is 2.17. The van der Waals surface area contributed by atoms with Crippen LogP contribution in [-0.2, 0) is 11.2 Å². The number of benzene rings is 1. The van der Waals surface area contributed by atoms with Crippen LogP contribution in [0.3, 0.4) is 0 Å². The average molecular weight is 260 g/mol. The van der Waals surface area contributed by atoms with Gasteiger partial charge in [0.15, 0.2) is 5.89 Å². The number of oxazole rings is 1. The van der Waals surface area contributed by atoms with E-state index in [1.165, 1.54) is 0 Å². The van der Waals surface area contributed by atoms with Gasteiger partial charge < -0.3 is 14.5 Å². The molecule has 19 heavy (non-hydrogen) atoms.